The fourth-order valence-corrected chi connectivity index (χ4v) is 1.34. The molecule has 1 aliphatic rings. The molecule has 64 valence electrons. The highest BCUT2D eigenvalue weighted by Gasteiger charge is 2.28. The summed E-state index contributed by atoms with van der Waals surface area (Å²) in [6.07, 6.45) is 2.16. The highest BCUT2D eigenvalue weighted by atomic mass is 16.5. The van der Waals surface area contributed by atoms with Crippen molar-refractivity contribution in [2.45, 2.75) is 39.7 Å². The zero-order valence-corrected chi connectivity index (χ0v) is 7.85. The Labute approximate surface area is 68.7 Å². The zero-order valence-electron chi connectivity index (χ0n) is 7.85. The van der Waals surface area contributed by atoms with E-state index in [4.69, 9.17) is 4.74 Å². The van der Waals surface area contributed by atoms with Gasteiger partial charge in [-0.1, -0.05) is 20.8 Å². The molecule has 2 heteroatoms. The van der Waals surface area contributed by atoms with E-state index in [2.05, 4.69) is 25.8 Å². The van der Waals surface area contributed by atoms with Crippen LogP contribution in [0.15, 0.2) is 4.99 Å². The van der Waals surface area contributed by atoms with E-state index in [0.29, 0.717) is 11.5 Å². The lowest BCUT2D eigenvalue weighted by Gasteiger charge is -2.23. The van der Waals surface area contributed by atoms with E-state index < -0.39 is 0 Å². The van der Waals surface area contributed by atoms with E-state index in [-0.39, 0.29) is 0 Å². The summed E-state index contributed by atoms with van der Waals surface area (Å²) in [7, 11) is 1.70. The molecule has 0 spiro atoms. The molecule has 0 saturated heterocycles. The second kappa shape index (κ2) is 2.84. The summed E-state index contributed by atoms with van der Waals surface area (Å²) in [5.41, 5.74) is 0.292. The van der Waals surface area contributed by atoms with E-state index >= 15 is 0 Å². The maximum absolute atomic E-state index is 5.09. The second-order valence-corrected chi connectivity index (χ2v) is 4.15. The first-order valence-electron chi connectivity index (χ1n) is 4.14. The summed E-state index contributed by atoms with van der Waals surface area (Å²) in [6, 6.07) is 0.456. The van der Waals surface area contributed by atoms with Crippen LogP contribution in [0, 0.1) is 5.41 Å². The number of aliphatic imine (C=N–C) groups is 1. The number of hydrogen-bond donors (Lipinski definition) is 0. The van der Waals surface area contributed by atoms with Crippen LogP contribution in [0.3, 0.4) is 0 Å². The van der Waals surface area contributed by atoms with Crippen molar-refractivity contribution in [3.05, 3.63) is 0 Å². The normalized spacial score (nSPS) is 25.1. The van der Waals surface area contributed by atoms with E-state index in [0.717, 1.165) is 18.7 Å². The molecule has 0 amide bonds. The lowest BCUT2D eigenvalue weighted by atomic mass is 9.86. The van der Waals surface area contributed by atoms with Gasteiger partial charge in [-0.2, -0.15) is 0 Å². The molecule has 1 unspecified atom stereocenters. The standard InChI is InChI=1S/C9H17NO/c1-9(2,3)7-5-6-8(10-7)11-4/h7H,5-6H2,1-4H3. The minimum absolute atomic E-state index is 0.292. The molecule has 1 aliphatic heterocycles. The first-order valence-corrected chi connectivity index (χ1v) is 4.14. The smallest absolute Gasteiger partial charge is 0.183 e. The summed E-state index contributed by atoms with van der Waals surface area (Å²) in [4.78, 5) is 4.47. The van der Waals surface area contributed by atoms with Gasteiger partial charge in [0.1, 0.15) is 0 Å². The predicted octanol–water partition coefficient (Wildman–Crippen LogP) is 2.24. The van der Waals surface area contributed by atoms with Gasteiger partial charge in [0, 0.05) is 6.42 Å². The maximum atomic E-state index is 5.09. The maximum Gasteiger partial charge on any atom is 0.183 e. The third-order valence-electron chi connectivity index (χ3n) is 2.17. The van der Waals surface area contributed by atoms with Crippen molar-refractivity contribution in [2.75, 3.05) is 7.11 Å². The van der Waals surface area contributed by atoms with Crippen LogP contribution in [0.1, 0.15) is 33.6 Å². The second-order valence-electron chi connectivity index (χ2n) is 4.15. The molecule has 0 fully saturated rings. The van der Waals surface area contributed by atoms with Crippen LogP contribution < -0.4 is 0 Å². The highest BCUT2D eigenvalue weighted by molar-refractivity contribution is 5.77. The number of methoxy groups -OCH3 is 1. The third-order valence-corrected chi connectivity index (χ3v) is 2.17. The minimum Gasteiger partial charge on any atom is -0.484 e. The summed E-state index contributed by atoms with van der Waals surface area (Å²) in [6.45, 7) is 6.67. The van der Waals surface area contributed by atoms with Crippen molar-refractivity contribution in [2.24, 2.45) is 10.4 Å². The van der Waals surface area contributed by atoms with Crippen molar-refractivity contribution in [3.8, 4) is 0 Å². The molecule has 1 rings (SSSR count). The average molecular weight is 155 g/mol. The van der Waals surface area contributed by atoms with Crippen LogP contribution in [0.5, 0.6) is 0 Å². The Kier molecular flexibility index (Phi) is 2.21. The van der Waals surface area contributed by atoms with E-state index in [9.17, 15) is 0 Å². The van der Waals surface area contributed by atoms with Crippen LogP contribution in [-0.2, 0) is 4.74 Å². The lowest BCUT2D eigenvalue weighted by Crippen LogP contribution is -2.21. The first kappa shape index (κ1) is 8.57. The molecular formula is C9H17NO. The first-order chi connectivity index (χ1) is 5.04. The van der Waals surface area contributed by atoms with E-state index in [1.54, 1.807) is 7.11 Å². The number of nitrogens with zero attached hydrogens (tertiary/aromatic N) is 1. The van der Waals surface area contributed by atoms with Crippen LogP contribution in [0.4, 0.5) is 0 Å². The van der Waals surface area contributed by atoms with E-state index in [1.807, 2.05) is 0 Å². The lowest BCUT2D eigenvalue weighted by molar-refractivity contribution is 0.321. The molecule has 0 aliphatic carbocycles. The molecule has 1 heterocycles. The van der Waals surface area contributed by atoms with Gasteiger partial charge < -0.3 is 4.74 Å². The monoisotopic (exact) mass is 155 g/mol. The SMILES string of the molecule is COC1=NC(C(C)(C)C)CC1. The van der Waals surface area contributed by atoms with Crippen molar-refractivity contribution in [1.29, 1.82) is 0 Å². The fraction of sp³-hybridized carbons (Fsp3) is 0.889. The highest BCUT2D eigenvalue weighted by Crippen LogP contribution is 2.30. The molecule has 0 saturated carbocycles. The molecule has 0 aromatic rings. The van der Waals surface area contributed by atoms with Gasteiger partial charge in [0.25, 0.3) is 0 Å². The molecule has 11 heavy (non-hydrogen) atoms. The van der Waals surface area contributed by atoms with Crippen LogP contribution in [0.2, 0.25) is 0 Å². The summed E-state index contributed by atoms with van der Waals surface area (Å²) in [5.74, 6) is 0.921. The average Bonchev–Trinajstić information content (AvgIpc) is 2.32. The van der Waals surface area contributed by atoms with Gasteiger partial charge in [0.2, 0.25) is 0 Å². The van der Waals surface area contributed by atoms with Gasteiger partial charge in [0.05, 0.1) is 13.2 Å². The largest absolute Gasteiger partial charge is 0.484 e. The topological polar surface area (TPSA) is 21.6 Å². The van der Waals surface area contributed by atoms with Crippen molar-refractivity contribution in [3.63, 3.8) is 0 Å². The van der Waals surface area contributed by atoms with Crippen molar-refractivity contribution < 1.29 is 4.74 Å². The summed E-state index contributed by atoms with van der Waals surface area (Å²) < 4.78 is 5.09. The Morgan fingerprint density at radius 3 is 2.36 bits per heavy atom. The van der Waals surface area contributed by atoms with Gasteiger partial charge in [-0.25, -0.2) is 0 Å². The molecule has 0 aromatic heterocycles. The van der Waals surface area contributed by atoms with Crippen LogP contribution in [-0.4, -0.2) is 19.0 Å². The number of rotatable bonds is 0. The molecule has 0 aromatic carbocycles. The summed E-state index contributed by atoms with van der Waals surface area (Å²) in [5, 5.41) is 0. The number of ether oxygens (including phenoxy) is 1. The minimum atomic E-state index is 0.292. The van der Waals surface area contributed by atoms with Gasteiger partial charge >= 0.3 is 0 Å². The molecule has 0 radical (unpaired) electrons. The van der Waals surface area contributed by atoms with Crippen molar-refractivity contribution in [1.82, 2.24) is 0 Å². The van der Waals surface area contributed by atoms with E-state index in [1.165, 1.54) is 0 Å². The third kappa shape index (κ3) is 1.95. The van der Waals surface area contributed by atoms with Gasteiger partial charge in [-0.15, -0.1) is 0 Å². The molecule has 0 bridgehead atoms. The molecular weight excluding hydrogens is 138 g/mol. The van der Waals surface area contributed by atoms with Crippen LogP contribution >= 0.6 is 0 Å². The van der Waals surface area contributed by atoms with Gasteiger partial charge in [0.15, 0.2) is 5.90 Å². The van der Waals surface area contributed by atoms with Gasteiger partial charge in [-0.3, -0.25) is 4.99 Å². The Morgan fingerprint density at radius 2 is 2.09 bits per heavy atom. The fourth-order valence-electron chi connectivity index (χ4n) is 1.34. The summed E-state index contributed by atoms with van der Waals surface area (Å²) >= 11 is 0. The van der Waals surface area contributed by atoms with Gasteiger partial charge in [-0.05, 0) is 11.8 Å². The van der Waals surface area contributed by atoms with Crippen molar-refractivity contribution >= 4 is 5.90 Å². The number of hydrogen-bond acceptors (Lipinski definition) is 2. The molecule has 0 N–H and O–H groups in total. The quantitative estimate of drug-likeness (QED) is 0.525. The Morgan fingerprint density at radius 1 is 1.45 bits per heavy atom. The Bertz CT molecular complexity index is 167. The zero-order chi connectivity index (χ0) is 8.48. The Balaban J connectivity index is 2.59. The Hall–Kier alpha value is -0.530. The molecule has 2 nitrogen and oxygen atoms in total. The predicted molar refractivity (Wildman–Crippen MR) is 46.9 cm³/mol. The molecule has 1 atom stereocenters. The van der Waals surface area contributed by atoms with Crippen LogP contribution in [0.25, 0.3) is 0 Å².